The van der Waals surface area contributed by atoms with Crippen molar-refractivity contribution in [2.75, 3.05) is 20.4 Å². The smallest absolute Gasteiger partial charge is 0.231 e. The first-order chi connectivity index (χ1) is 6.92. The van der Waals surface area contributed by atoms with Crippen LogP contribution < -0.4 is 14.8 Å². The van der Waals surface area contributed by atoms with Gasteiger partial charge in [0.2, 0.25) is 6.79 Å². The Balaban J connectivity index is 2.06. The highest BCUT2D eigenvalue weighted by atomic mass is 16.7. The Labute approximate surface area is 84.0 Å². The number of rotatable bonds is 4. The molecule has 3 nitrogen and oxygen atoms in total. The molecule has 0 saturated carbocycles. The van der Waals surface area contributed by atoms with Crippen LogP contribution in [-0.4, -0.2) is 20.4 Å². The zero-order valence-electron chi connectivity index (χ0n) is 8.38. The molecule has 0 bridgehead atoms. The average molecular weight is 193 g/mol. The highest BCUT2D eigenvalue weighted by Crippen LogP contribution is 2.35. The van der Waals surface area contributed by atoms with Crippen molar-refractivity contribution in [1.29, 1.82) is 0 Å². The molecule has 14 heavy (non-hydrogen) atoms. The number of benzene rings is 1. The van der Waals surface area contributed by atoms with E-state index in [-0.39, 0.29) is 0 Å². The van der Waals surface area contributed by atoms with Gasteiger partial charge in [0.25, 0.3) is 0 Å². The van der Waals surface area contributed by atoms with Gasteiger partial charge in [-0.05, 0) is 38.1 Å². The number of nitrogens with one attached hydrogen (secondary N) is 1. The van der Waals surface area contributed by atoms with Gasteiger partial charge in [-0.15, -0.1) is 0 Å². The van der Waals surface area contributed by atoms with Gasteiger partial charge in [0.05, 0.1) is 0 Å². The zero-order chi connectivity index (χ0) is 9.80. The van der Waals surface area contributed by atoms with Gasteiger partial charge in [0, 0.05) is 0 Å². The molecule has 1 heterocycles. The quantitative estimate of drug-likeness (QED) is 0.736. The van der Waals surface area contributed by atoms with Crippen LogP contribution in [0.25, 0.3) is 0 Å². The minimum Gasteiger partial charge on any atom is -0.454 e. The van der Waals surface area contributed by atoms with E-state index in [1.54, 1.807) is 0 Å². The van der Waals surface area contributed by atoms with Crippen LogP contribution in [-0.2, 0) is 6.42 Å². The summed E-state index contributed by atoms with van der Waals surface area (Å²) < 4.78 is 10.7. The van der Waals surface area contributed by atoms with Gasteiger partial charge in [-0.25, -0.2) is 0 Å². The summed E-state index contributed by atoms with van der Waals surface area (Å²) in [5.74, 6) is 1.82. The predicted octanol–water partition coefficient (Wildman–Crippen LogP) is 1.57. The van der Waals surface area contributed by atoms with Gasteiger partial charge in [-0.1, -0.05) is 12.1 Å². The van der Waals surface area contributed by atoms with E-state index in [4.69, 9.17) is 9.47 Å². The van der Waals surface area contributed by atoms with Crippen LogP contribution >= 0.6 is 0 Å². The van der Waals surface area contributed by atoms with Crippen molar-refractivity contribution in [3.8, 4) is 11.5 Å². The van der Waals surface area contributed by atoms with Crippen LogP contribution in [0.5, 0.6) is 11.5 Å². The summed E-state index contributed by atoms with van der Waals surface area (Å²) in [6.07, 6.45) is 2.16. The van der Waals surface area contributed by atoms with Gasteiger partial charge in [0.15, 0.2) is 11.5 Å². The maximum absolute atomic E-state index is 5.42. The standard InChI is InChI=1S/C11H15NO2/c1-12-7-3-5-9-4-2-6-10-11(9)14-8-13-10/h2,4,6,12H,3,5,7-8H2,1H3. The molecule has 76 valence electrons. The SMILES string of the molecule is CNCCCc1cccc2c1OCO2. The summed E-state index contributed by atoms with van der Waals surface area (Å²) in [6, 6.07) is 6.06. The second kappa shape index (κ2) is 4.33. The molecule has 2 rings (SSSR count). The van der Waals surface area contributed by atoms with E-state index in [1.807, 2.05) is 19.2 Å². The summed E-state index contributed by atoms with van der Waals surface area (Å²) in [5.41, 5.74) is 1.25. The van der Waals surface area contributed by atoms with Gasteiger partial charge >= 0.3 is 0 Å². The second-order valence-corrected chi connectivity index (χ2v) is 3.36. The van der Waals surface area contributed by atoms with Gasteiger partial charge in [-0.2, -0.15) is 0 Å². The van der Waals surface area contributed by atoms with Crippen LogP contribution in [0, 0.1) is 0 Å². The molecular formula is C11H15NO2. The molecular weight excluding hydrogens is 178 g/mol. The first-order valence-electron chi connectivity index (χ1n) is 4.94. The van der Waals surface area contributed by atoms with Crippen molar-refractivity contribution in [2.24, 2.45) is 0 Å². The summed E-state index contributed by atoms with van der Waals surface area (Å²) in [7, 11) is 1.97. The van der Waals surface area contributed by atoms with Crippen LogP contribution in [0.3, 0.4) is 0 Å². The third-order valence-corrected chi connectivity index (χ3v) is 2.35. The molecule has 1 aromatic rings. The molecule has 1 aliphatic rings. The van der Waals surface area contributed by atoms with Crippen molar-refractivity contribution in [3.05, 3.63) is 23.8 Å². The lowest BCUT2D eigenvalue weighted by atomic mass is 10.1. The maximum Gasteiger partial charge on any atom is 0.231 e. The first kappa shape index (κ1) is 9.34. The molecule has 0 aliphatic carbocycles. The number of para-hydroxylation sites is 1. The topological polar surface area (TPSA) is 30.5 Å². The third kappa shape index (κ3) is 1.82. The van der Waals surface area contributed by atoms with Crippen LogP contribution in [0.2, 0.25) is 0 Å². The molecule has 0 fully saturated rings. The number of ether oxygens (including phenoxy) is 2. The largest absolute Gasteiger partial charge is 0.454 e. The van der Waals surface area contributed by atoms with Gasteiger partial charge in [0.1, 0.15) is 0 Å². The Morgan fingerprint density at radius 1 is 1.36 bits per heavy atom. The Morgan fingerprint density at radius 2 is 2.29 bits per heavy atom. The molecule has 0 spiro atoms. The van der Waals surface area contributed by atoms with E-state index in [0.717, 1.165) is 30.9 Å². The molecule has 0 atom stereocenters. The predicted molar refractivity (Wildman–Crippen MR) is 54.8 cm³/mol. The minimum atomic E-state index is 0.359. The summed E-state index contributed by atoms with van der Waals surface area (Å²) in [6.45, 7) is 1.39. The fraction of sp³-hybridized carbons (Fsp3) is 0.455. The van der Waals surface area contributed by atoms with Gasteiger partial charge < -0.3 is 14.8 Å². The zero-order valence-corrected chi connectivity index (χ0v) is 8.38. The van der Waals surface area contributed by atoms with E-state index >= 15 is 0 Å². The Kier molecular flexibility index (Phi) is 2.89. The molecule has 1 N–H and O–H groups in total. The lowest BCUT2D eigenvalue weighted by Crippen LogP contribution is -2.08. The van der Waals surface area contributed by atoms with Crippen molar-refractivity contribution in [1.82, 2.24) is 5.32 Å². The second-order valence-electron chi connectivity index (χ2n) is 3.36. The van der Waals surface area contributed by atoms with Crippen LogP contribution in [0.15, 0.2) is 18.2 Å². The molecule has 0 radical (unpaired) electrons. The maximum atomic E-state index is 5.42. The van der Waals surface area contributed by atoms with E-state index in [2.05, 4.69) is 11.4 Å². The molecule has 0 saturated heterocycles. The van der Waals surface area contributed by atoms with Crippen molar-refractivity contribution >= 4 is 0 Å². The normalized spacial score (nSPS) is 13.2. The molecule has 0 amide bonds. The average Bonchev–Trinajstić information content (AvgIpc) is 2.67. The molecule has 1 aromatic carbocycles. The lowest BCUT2D eigenvalue weighted by molar-refractivity contribution is 0.173. The number of fused-ring (bicyclic) bond motifs is 1. The van der Waals surface area contributed by atoms with Crippen molar-refractivity contribution < 1.29 is 9.47 Å². The highest BCUT2D eigenvalue weighted by molar-refractivity contribution is 5.48. The highest BCUT2D eigenvalue weighted by Gasteiger charge is 2.16. The fourth-order valence-corrected chi connectivity index (χ4v) is 1.64. The molecule has 0 aromatic heterocycles. The van der Waals surface area contributed by atoms with Crippen molar-refractivity contribution in [2.45, 2.75) is 12.8 Å². The number of hydrogen-bond acceptors (Lipinski definition) is 3. The summed E-state index contributed by atoms with van der Waals surface area (Å²) in [5, 5.41) is 3.13. The summed E-state index contributed by atoms with van der Waals surface area (Å²) in [4.78, 5) is 0. The van der Waals surface area contributed by atoms with E-state index in [9.17, 15) is 0 Å². The fourth-order valence-electron chi connectivity index (χ4n) is 1.64. The Bertz CT molecular complexity index is 312. The number of hydrogen-bond donors (Lipinski definition) is 1. The third-order valence-electron chi connectivity index (χ3n) is 2.35. The first-order valence-corrected chi connectivity index (χ1v) is 4.94. The molecule has 3 heteroatoms. The van der Waals surface area contributed by atoms with Crippen molar-refractivity contribution in [3.63, 3.8) is 0 Å². The Hall–Kier alpha value is -1.22. The Morgan fingerprint density at radius 3 is 3.14 bits per heavy atom. The van der Waals surface area contributed by atoms with E-state index < -0.39 is 0 Å². The van der Waals surface area contributed by atoms with E-state index in [1.165, 1.54) is 5.56 Å². The summed E-state index contributed by atoms with van der Waals surface area (Å²) >= 11 is 0. The molecule has 0 unspecified atom stereocenters. The van der Waals surface area contributed by atoms with Crippen LogP contribution in [0.4, 0.5) is 0 Å². The van der Waals surface area contributed by atoms with Gasteiger partial charge in [-0.3, -0.25) is 0 Å². The van der Waals surface area contributed by atoms with Crippen LogP contribution in [0.1, 0.15) is 12.0 Å². The minimum absolute atomic E-state index is 0.359. The van der Waals surface area contributed by atoms with E-state index in [0.29, 0.717) is 6.79 Å². The molecule has 1 aliphatic heterocycles. The monoisotopic (exact) mass is 193 g/mol. The lowest BCUT2D eigenvalue weighted by Gasteiger charge is -2.04. The number of aryl methyl sites for hydroxylation is 1.